The number of aromatic nitrogens is 1. The van der Waals surface area contributed by atoms with Crippen molar-refractivity contribution in [3.8, 4) is 0 Å². The van der Waals surface area contributed by atoms with Crippen molar-refractivity contribution in [3.05, 3.63) is 29.0 Å². The van der Waals surface area contributed by atoms with Gasteiger partial charge >= 0.3 is 0 Å². The maximum Gasteiger partial charge on any atom is 0.0621 e. The van der Waals surface area contributed by atoms with Crippen LogP contribution >= 0.6 is 11.6 Å². The van der Waals surface area contributed by atoms with Gasteiger partial charge in [-0.3, -0.25) is 16.3 Å². The first-order valence-electron chi connectivity index (χ1n) is 7.09. The van der Waals surface area contributed by atoms with Gasteiger partial charge in [0, 0.05) is 18.4 Å². The molecule has 1 aromatic heterocycles. The van der Waals surface area contributed by atoms with Gasteiger partial charge in [0.15, 0.2) is 0 Å². The zero-order valence-corrected chi connectivity index (χ0v) is 12.6. The zero-order chi connectivity index (χ0) is 13.9. The lowest BCUT2D eigenvalue weighted by Gasteiger charge is -2.43. The first kappa shape index (κ1) is 14.8. The largest absolute Gasteiger partial charge is 0.271 e. The van der Waals surface area contributed by atoms with Crippen molar-refractivity contribution in [3.63, 3.8) is 0 Å². The minimum absolute atomic E-state index is 0.273. The Bertz CT molecular complexity index is 420. The maximum atomic E-state index is 6.20. The van der Waals surface area contributed by atoms with E-state index in [9.17, 15) is 0 Å². The summed E-state index contributed by atoms with van der Waals surface area (Å²) in [5.74, 6) is 6.41. The van der Waals surface area contributed by atoms with E-state index in [0.717, 1.165) is 17.0 Å². The van der Waals surface area contributed by atoms with Crippen LogP contribution in [0.5, 0.6) is 0 Å². The van der Waals surface area contributed by atoms with Crippen molar-refractivity contribution in [2.24, 2.45) is 17.2 Å². The van der Waals surface area contributed by atoms with Gasteiger partial charge in [0.1, 0.15) is 0 Å². The number of nitrogens with two attached hydrogens (primary N) is 1. The van der Waals surface area contributed by atoms with Crippen LogP contribution in [0.2, 0.25) is 5.02 Å². The van der Waals surface area contributed by atoms with Crippen LogP contribution in [0.25, 0.3) is 0 Å². The molecule has 4 heteroatoms. The standard InChI is InChI=1S/C15H24ClN3/c1-15(2)7-4-3-5-12(15)14(19-17)9-11-6-8-18-10-13(11)16/h6,8,10,12,14,19H,3-5,7,9,17H2,1-2H3. The number of hydrazine groups is 1. The van der Waals surface area contributed by atoms with E-state index in [1.165, 1.54) is 25.7 Å². The Morgan fingerprint density at radius 3 is 2.95 bits per heavy atom. The van der Waals surface area contributed by atoms with Gasteiger partial charge in [-0.1, -0.05) is 38.3 Å². The molecule has 2 unspecified atom stereocenters. The third kappa shape index (κ3) is 3.47. The molecule has 0 spiro atoms. The van der Waals surface area contributed by atoms with E-state index in [-0.39, 0.29) is 6.04 Å². The van der Waals surface area contributed by atoms with Crippen molar-refractivity contribution < 1.29 is 0 Å². The summed E-state index contributed by atoms with van der Waals surface area (Å²) in [7, 11) is 0. The maximum absolute atomic E-state index is 6.20. The minimum atomic E-state index is 0.273. The molecule has 0 aromatic carbocycles. The molecule has 0 aliphatic heterocycles. The van der Waals surface area contributed by atoms with Crippen LogP contribution in [-0.2, 0) is 6.42 Å². The van der Waals surface area contributed by atoms with Crippen molar-refractivity contribution in [1.29, 1.82) is 0 Å². The second-order valence-corrected chi connectivity index (χ2v) is 6.69. The molecule has 2 rings (SSSR count). The molecule has 1 aliphatic carbocycles. The van der Waals surface area contributed by atoms with Crippen LogP contribution in [0.3, 0.4) is 0 Å². The lowest BCUT2D eigenvalue weighted by molar-refractivity contribution is 0.0982. The smallest absolute Gasteiger partial charge is 0.0621 e. The highest BCUT2D eigenvalue weighted by atomic mass is 35.5. The van der Waals surface area contributed by atoms with E-state index in [1.54, 1.807) is 12.4 Å². The fourth-order valence-electron chi connectivity index (χ4n) is 3.39. The Morgan fingerprint density at radius 1 is 1.53 bits per heavy atom. The second-order valence-electron chi connectivity index (χ2n) is 6.29. The molecule has 2 atom stereocenters. The van der Waals surface area contributed by atoms with Crippen molar-refractivity contribution in [2.75, 3.05) is 0 Å². The molecule has 1 saturated carbocycles. The van der Waals surface area contributed by atoms with E-state index in [2.05, 4.69) is 24.3 Å². The quantitative estimate of drug-likeness (QED) is 0.657. The number of hydrogen-bond acceptors (Lipinski definition) is 3. The first-order valence-corrected chi connectivity index (χ1v) is 7.47. The molecule has 0 bridgehead atoms. The summed E-state index contributed by atoms with van der Waals surface area (Å²) in [6, 6.07) is 2.26. The van der Waals surface area contributed by atoms with Crippen LogP contribution in [-0.4, -0.2) is 11.0 Å². The molecule has 1 fully saturated rings. The van der Waals surface area contributed by atoms with Gasteiger partial charge in [0.25, 0.3) is 0 Å². The summed E-state index contributed by atoms with van der Waals surface area (Å²) in [4.78, 5) is 4.04. The molecule has 0 amide bonds. The Morgan fingerprint density at radius 2 is 2.32 bits per heavy atom. The van der Waals surface area contributed by atoms with Gasteiger partial charge < -0.3 is 0 Å². The summed E-state index contributed by atoms with van der Waals surface area (Å²) < 4.78 is 0. The minimum Gasteiger partial charge on any atom is -0.271 e. The Hall–Kier alpha value is -0.640. The summed E-state index contributed by atoms with van der Waals surface area (Å²) in [6.45, 7) is 4.71. The summed E-state index contributed by atoms with van der Waals surface area (Å²) in [5, 5.41) is 0.733. The van der Waals surface area contributed by atoms with E-state index >= 15 is 0 Å². The number of nitrogens with one attached hydrogen (secondary N) is 1. The highest BCUT2D eigenvalue weighted by molar-refractivity contribution is 6.31. The van der Waals surface area contributed by atoms with Crippen molar-refractivity contribution in [1.82, 2.24) is 10.4 Å². The van der Waals surface area contributed by atoms with E-state index in [0.29, 0.717) is 11.3 Å². The van der Waals surface area contributed by atoms with E-state index < -0.39 is 0 Å². The topological polar surface area (TPSA) is 50.9 Å². The predicted molar refractivity (Wildman–Crippen MR) is 79.8 cm³/mol. The van der Waals surface area contributed by atoms with Crippen LogP contribution in [0.4, 0.5) is 0 Å². The summed E-state index contributed by atoms with van der Waals surface area (Å²) in [5.41, 5.74) is 4.49. The molecule has 106 valence electrons. The fraction of sp³-hybridized carbons (Fsp3) is 0.667. The van der Waals surface area contributed by atoms with Gasteiger partial charge in [0.2, 0.25) is 0 Å². The third-order valence-corrected chi connectivity index (χ3v) is 4.93. The predicted octanol–water partition coefficient (Wildman–Crippen LogP) is 3.33. The molecule has 19 heavy (non-hydrogen) atoms. The Labute approximate surface area is 120 Å². The second kappa shape index (κ2) is 6.21. The van der Waals surface area contributed by atoms with Crippen molar-refractivity contribution >= 4 is 11.6 Å². The highest BCUT2D eigenvalue weighted by Gasteiger charge is 2.37. The van der Waals surface area contributed by atoms with Gasteiger partial charge in [-0.05, 0) is 42.2 Å². The third-order valence-electron chi connectivity index (χ3n) is 4.59. The highest BCUT2D eigenvalue weighted by Crippen LogP contribution is 2.43. The lowest BCUT2D eigenvalue weighted by Crippen LogP contribution is -2.48. The molecule has 0 radical (unpaired) electrons. The van der Waals surface area contributed by atoms with Crippen molar-refractivity contribution in [2.45, 2.75) is 52.0 Å². The molecule has 1 aromatic rings. The monoisotopic (exact) mass is 281 g/mol. The summed E-state index contributed by atoms with van der Waals surface area (Å²) in [6.07, 6.45) is 9.51. The number of hydrogen-bond donors (Lipinski definition) is 2. The molecule has 0 saturated heterocycles. The summed E-state index contributed by atoms with van der Waals surface area (Å²) >= 11 is 6.20. The number of pyridine rings is 1. The van der Waals surface area contributed by atoms with Crippen LogP contribution < -0.4 is 11.3 Å². The SMILES string of the molecule is CC1(C)CCCCC1C(Cc1ccncc1Cl)NN. The first-order chi connectivity index (χ1) is 9.04. The van der Waals surface area contributed by atoms with E-state index in [4.69, 9.17) is 17.4 Å². The van der Waals surface area contributed by atoms with Gasteiger partial charge in [0.05, 0.1) is 5.02 Å². The molecule has 1 aliphatic rings. The normalized spacial score (nSPS) is 24.1. The van der Waals surface area contributed by atoms with Gasteiger partial charge in [-0.25, -0.2) is 0 Å². The molecular weight excluding hydrogens is 258 g/mol. The molecule has 3 N–H and O–H groups in total. The number of halogens is 1. The Kier molecular flexibility index (Phi) is 4.82. The molecule has 1 heterocycles. The average Bonchev–Trinajstić information content (AvgIpc) is 2.38. The average molecular weight is 282 g/mol. The van der Waals surface area contributed by atoms with Gasteiger partial charge in [-0.15, -0.1) is 0 Å². The van der Waals surface area contributed by atoms with E-state index in [1.807, 2.05) is 6.07 Å². The molecular formula is C15H24ClN3. The zero-order valence-electron chi connectivity index (χ0n) is 11.8. The lowest BCUT2D eigenvalue weighted by atomic mass is 9.65. The number of nitrogens with zero attached hydrogens (tertiary/aromatic N) is 1. The molecule has 3 nitrogen and oxygen atoms in total. The Balaban J connectivity index is 2.14. The van der Waals surface area contributed by atoms with Crippen LogP contribution in [0, 0.1) is 11.3 Å². The van der Waals surface area contributed by atoms with Crippen LogP contribution in [0.1, 0.15) is 45.1 Å². The van der Waals surface area contributed by atoms with Crippen LogP contribution in [0.15, 0.2) is 18.5 Å². The van der Waals surface area contributed by atoms with Gasteiger partial charge in [-0.2, -0.15) is 0 Å². The number of rotatable bonds is 4. The fourth-order valence-corrected chi connectivity index (χ4v) is 3.59.